The number of ether oxygens (including phenoxy) is 1. The molecule has 0 aliphatic carbocycles. The third-order valence-corrected chi connectivity index (χ3v) is 5.00. The van der Waals surface area contributed by atoms with E-state index < -0.39 is 0 Å². The Bertz CT molecular complexity index is 1070. The maximum atomic E-state index is 13.2. The monoisotopic (exact) mass is 396 g/mol. The number of carbonyl (C=O) groups is 1. The smallest absolute Gasteiger partial charge is 0.282 e. The molecule has 0 radical (unpaired) electrons. The van der Waals surface area contributed by atoms with Crippen molar-refractivity contribution in [2.75, 3.05) is 12.0 Å². The van der Waals surface area contributed by atoms with Crippen LogP contribution in [0.3, 0.4) is 0 Å². The summed E-state index contributed by atoms with van der Waals surface area (Å²) < 4.78 is 5.33. The van der Waals surface area contributed by atoms with Gasteiger partial charge >= 0.3 is 0 Å². The molecule has 1 aliphatic heterocycles. The average molecular weight is 397 g/mol. The Labute approximate surface area is 166 Å². The minimum absolute atomic E-state index is 0.212. The fourth-order valence-electron chi connectivity index (χ4n) is 2.98. The van der Waals surface area contributed by atoms with Gasteiger partial charge in [-0.25, -0.2) is 4.99 Å². The number of methoxy groups -OCH3 is 1. The molecule has 4 nitrogen and oxygen atoms in total. The Hall–Kier alpha value is -2.82. The quantitative estimate of drug-likeness (QED) is 0.561. The summed E-state index contributed by atoms with van der Waals surface area (Å²) in [7, 11) is 1.59. The van der Waals surface area contributed by atoms with Crippen LogP contribution in [-0.4, -0.2) is 18.7 Å². The number of aliphatic imine (C=N–C) groups is 1. The first-order chi connectivity index (χ1) is 13.1. The normalized spacial score (nSPS) is 14.6. The number of rotatable bonds is 3. The number of nitrogens with zero attached hydrogens (tertiary/aromatic N) is 2. The molecule has 4 rings (SSSR count). The Morgan fingerprint density at radius 1 is 0.926 bits per heavy atom. The summed E-state index contributed by atoms with van der Waals surface area (Å²) in [5.74, 6) is 0.453. The molecule has 0 fully saturated rings. The zero-order valence-electron chi connectivity index (χ0n) is 14.3. The van der Waals surface area contributed by atoms with Gasteiger partial charge in [-0.2, -0.15) is 0 Å². The number of fused-ring (bicyclic) bond motifs is 1. The molecule has 1 aliphatic rings. The number of hydrogen-bond donors (Lipinski definition) is 0. The van der Waals surface area contributed by atoms with Gasteiger partial charge in [-0.3, -0.25) is 9.69 Å². The summed E-state index contributed by atoms with van der Waals surface area (Å²) in [5, 5.41) is 0.827. The molecule has 0 saturated heterocycles. The largest absolute Gasteiger partial charge is 0.497 e. The van der Waals surface area contributed by atoms with Gasteiger partial charge in [-0.05, 0) is 42.5 Å². The van der Waals surface area contributed by atoms with Crippen LogP contribution < -0.4 is 9.64 Å². The lowest BCUT2D eigenvalue weighted by atomic mass is 10.1. The van der Waals surface area contributed by atoms with Gasteiger partial charge in [0.1, 0.15) is 11.5 Å². The molecule has 0 aromatic heterocycles. The molecule has 6 heteroatoms. The van der Waals surface area contributed by atoms with E-state index in [0.717, 1.165) is 16.9 Å². The number of para-hydroxylation sites is 1. The highest BCUT2D eigenvalue weighted by Crippen LogP contribution is 2.39. The van der Waals surface area contributed by atoms with Crippen LogP contribution in [0, 0.1) is 0 Å². The van der Waals surface area contributed by atoms with Crippen LogP contribution in [-0.2, 0) is 4.79 Å². The maximum absolute atomic E-state index is 13.2. The van der Waals surface area contributed by atoms with E-state index in [1.807, 2.05) is 48.5 Å². The number of amides is 1. The van der Waals surface area contributed by atoms with Gasteiger partial charge < -0.3 is 4.74 Å². The highest BCUT2D eigenvalue weighted by molar-refractivity contribution is 6.56. The number of halogens is 2. The number of hydrogen-bond acceptors (Lipinski definition) is 3. The Balaban J connectivity index is 1.88. The van der Waals surface area contributed by atoms with Crippen LogP contribution in [0.4, 0.5) is 17.1 Å². The van der Waals surface area contributed by atoms with Gasteiger partial charge in [-0.1, -0.05) is 41.4 Å². The predicted molar refractivity (Wildman–Crippen MR) is 109 cm³/mol. The van der Waals surface area contributed by atoms with Crippen molar-refractivity contribution in [3.05, 3.63) is 82.3 Å². The Kier molecular flexibility index (Phi) is 4.60. The lowest BCUT2D eigenvalue weighted by Crippen LogP contribution is -2.25. The second kappa shape index (κ2) is 7.06. The Morgan fingerprint density at radius 2 is 1.70 bits per heavy atom. The van der Waals surface area contributed by atoms with E-state index in [1.54, 1.807) is 30.2 Å². The summed E-state index contributed by atoms with van der Waals surface area (Å²) in [6.07, 6.45) is 0. The van der Waals surface area contributed by atoms with E-state index in [2.05, 4.69) is 4.99 Å². The van der Waals surface area contributed by atoms with Crippen molar-refractivity contribution < 1.29 is 9.53 Å². The van der Waals surface area contributed by atoms with Crippen LogP contribution in [0.2, 0.25) is 10.0 Å². The van der Waals surface area contributed by atoms with Crippen molar-refractivity contribution in [2.24, 2.45) is 4.99 Å². The second-order valence-corrected chi connectivity index (χ2v) is 6.73. The first-order valence-corrected chi connectivity index (χ1v) is 8.96. The van der Waals surface area contributed by atoms with Crippen molar-refractivity contribution in [2.45, 2.75) is 0 Å². The third-order valence-electron chi connectivity index (χ3n) is 4.27. The molecule has 27 heavy (non-hydrogen) atoms. The van der Waals surface area contributed by atoms with Crippen molar-refractivity contribution in [3.8, 4) is 5.75 Å². The molecule has 134 valence electrons. The van der Waals surface area contributed by atoms with Crippen LogP contribution in [0.15, 0.2) is 71.7 Å². The first-order valence-electron chi connectivity index (χ1n) is 8.20. The van der Waals surface area contributed by atoms with E-state index in [-0.39, 0.29) is 5.91 Å². The molecule has 0 spiro atoms. The summed E-state index contributed by atoms with van der Waals surface area (Å²) in [5.41, 5.74) is 3.12. The number of anilines is 2. The molecule has 0 bridgehead atoms. The SMILES string of the molecule is COc1ccc2c(c1)N(c1ccccc1)C(=O)C2=Nc1ccc(Cl)c(Cl)c1. The molecule has 1 amide bonds. The van der Waals surface area contributed by atoms with Crippen LogP contribution in [0.1, 0.15) is 5.56 Å². The van der Waals surface area contributed by atoms with Gasteiger partial charge in [-0.15, -0.1) is 0 Å². The molecule has 0 atom stereocenters. The zero-order valence-corrected chi connectivity index (χ0v) is 15.8. The fraction of sp³-hybridized carbons (Fsp3) is 0.0476. The lowest BCUT2D eigenvalue weighted by molar-refractivity contribution is -0.111. The lowest BCUT2D eigenvalue weighted by Gasteiger charge is -2.17. The molecule has 0 saturated carbocycles. The molecule has 3 aromatic carbocycles. The predicted octanol–water partition coefficient (Wildman–Crippen LogP) is 5.80. The Morgan fingerprint density at radius 3 is 2.41 bits per heavy atom. The van der Waals surface area contributed by atoms with Gasteiger partial charge in [0, 0.05) is 17.3 Å². The minimum atomic E-state index is -0.212. The van der Waals surface area contributed by atoms with E-state index in [1.165, 1.54) is 0 Å². The van der Waals surface area contributed by atoms with Gasteiger partial charge in [0.05, 0.1) is 28.5 Å². The summed E-state index contributed by atoms with van der Waals surface area (Å²) in [6, 6.07) is 19.9. The van der Waals surface area contributed by atoms with Gasteiger partial charge in [0.25, 0.3) is 5.91 Å². The highest BCUT2D eigenvalue weighted by Gasteiger charge is 2.35. The van der Waals surface area contributed by atoms with Crippen molar-refractivity contribution in [1.29, 1.82) is 0 Å². The summed E-state index contributed by atoms with van der Waals surface area (Å²) >= 11 is 12.1. The van der Waals surface area contributed by atoms with Crippen LogP contribution >= 0.6 is 23.2 Å². The van der Waals surface area contributed by atoms with Crippen molar-refractivity contribution in [1.82, 2.24) is 0 Å². The number of carbonyl (C=O) groups excluding carboxylic acids is 1. The summed E-state index contributed by atoms with van der Waals surface area (Å²) in [6.45, 7) is 0. The standard InChI is InChI=1S/C21H14Cl2N2O2/c1-27-15-8-9-16-19(12-15)25(14-5-3-2-4-6-14)21(26)20(16)24-13-7-10-17(22)18(23)11-13/h2-12H,1H3. The first kappa shape index (κ1) is 17.6. The fourth-order valence-corrected chi connectivity index (χ4v) is 3.27. The van der Waals surface area contributed by atoms with Crippen LogP contribution in [0.5, 0.6) is 5.75 Å². The summed E-state index contributed by atoms with van der Waals surface area (Å²) in [4.78, 5) is 19.4. The van der Waals surface area contributed by atoms with E-state index >= 15 is 0 Å². The molecule has 1 heterocycles. The molecule has 3 aromatic rings. The molecular formula is C21H14Cl2N2O2. The van der Waals surface area contributed by atoms with Crippen molar-refractivity contribution in [3.63, 3.8) is 0 Å². The maximum Gasteiger partial charge on any atom is 0.282 e. The van der Waals surface area contributed by atoms with Gasteiger partial charge in [0.2, 0.25) is 0 Å². The third kappa shape index (κ3) is 3.18. The highest BCUT2D eigenvalue weighted by atomic mass is 35.5. The van der Waals surface area contributed by atoms with E-state index in [0.29, 0.717) is 27.2 Å². The molecule has 0 N–H and O–H groups in total. The topological polar surface area (TPSA) is 41.9 Å². The second-order valence-electron chi connectivity index (χ2n) is 5.92. The van der Waals surface area contributed by atoms with Crippen molar-refractivity contribution >= 4 is 51.9 Å². The number of benzene rings is 3. The zero-order chi connectivity index (χ0) is 19.0. The molecule has 0 unspecified atom stereocenters. The molecular weight excluding hydrogens is 383 g/mol. The van der Waals surface area contributed by atoms with E-state index in [9.17, 15) is 4.79 Å². The minimum Gasteiger partial charge on any atom is -0.497 e. The van der Waals surface area contributed by atoms with Gasteiger partial charge in [0.15, 0.2) is 0 Å². The average Bonchev–Trinajstić information content (AvgIpc) is 2.96. The van der Waals surface area contributed by atoms with Crippen LogP contribution in [0.25, 0.3) is 0 Å². The van der Waals surface area contributed by atoms with E-state index in [4.69, 9.17) is 27.9 Å².